The van der Waals surface area contributed by atoms with Gasteiger partial charge in [-0.25, -0.2) is 0 Å². The minimum Gasteiger partial charge on any atom is -0.376 e. The average Bonchev–Trinajstić information content (AvgIpc) is 3.48. The maximum Gasteiger partial charge on any atom is 0.245 e. The lowest BCUT2D eigenvalue weighted by Crippen LogP contribution is -2.61. The molecule has 2 heterocycles. The molecule has 1 aliphatic carbocycles. The Balaban J connectivity index is 1.57. The Hall–Kier alpha value is -2.34. The highest BCUT2D eigenvalue weighted by Crippen LogP contribution is 2.27. The zero-order chi connectivity index (χ0) is 22.6. The van der Waals surface area contributed by atoms with Gasteiger partial charge in [0.25, 0.3) is 0 Å². The van der Waals surface area contributed by atoms with Crippen LogP contribution in [0.25, 0.3) is 10.9 Å². The lowest BCUT2D eigenvalue weighted by molar-refractivity contribution is -0.149. The van der Waals surface area contributed by atoms with Crippen LogP contribution in [0, 0.1) is 0 Å². The molecule has 2 aliphatic rings. The minimum atomic E-state index is -0.896. The molecule has 6 nitrogen and oxygen atoms in total. The summed E-state index contributed by atoms with van der Waals surface area (Å²) in [6.07, 6.45) is 10.3. The Labute approximate surface area is 191 Å². The second kappa shape index (κ2) is 10.1. The number of benzene rings is 1. The molecule has 174 valence electrons. The number of H-pyrrole nitrogens is 1. The van der Waals surface area contributed by atoms with E-state index >= 15 is 0 Å². The quantitative estimate of drug-likeness (QED) is 0.643. The molecule has 2 aromatic rings. The molecule has 1 saturated heterocycles. The lowest BCUT2D eigenvalue weighted by Gasteiger charge is -2.42. The van der Waals surface area contributed by atoms with Crippen LogP contribution < -0.4 is 5.32 Å². The summed E-state index contributed by atoms with van der Waals surface area (Å²) in [5.41, 5.74) is 1.09. The van der Waals surface area contributed by atoms with Crippen molar-refractivity contribution in [1.82, 2.24) is 15.2 Å². The van der Waals surface area contributed by atoms with Crippen LogP contribution in [0.15, 0.2) is 30.5 Å². The topological polar surface area (TPSA) is 74.4 Å². The molecule has 1 aromatic carbocycles. The number of amides is 2. The number of hydrogen-bond acceptors (Lipinski definition) is 3. The van der Waals surface area contributed by atoms with E-state index in [2.05, 4.69) is 10.3 Å². The van der Waals surface area contributed by atoms with Crippen molar-refractivity contribution in [2.24, 2.45) is 0 Å². The van der Waals surface area contributed by atoms with Crippen molar-refractivity contribution in [3.63, 3.8) is 0 Å². The first-order chi connectivity index (χ1) is 15.5. The van der Waals surface area contributed by atoms with Crippen molar-refractivity contribution in [1.29, 1.82) is 0 Å². The van der Waals surface area contributed by atoms with E-state index in [1.54, 1.807) is 0 Å². The van der Waals surface area contributed by atoms with E-state index in [1.165, 1.54) is 6.42 Å². The number of rotatable bonds is 8. The number of aromatic amines is 1. The Kier molecular flexibility index (Phi) is 7.19. The molecule has 0 bridgehead atoms. The first-order valence-corrected chi connectivity index (χ1v) is 12.3. The Morgan fingerprint density at radius 3 is 2.66 bits per heavy atom. The third-order valence-corrected chi connectivity index (χ3v) is 7.44. The molecule has 2 unspecified atom stereocenters. The van der Waals surface area contributed by atoms with Gasteiger partial charge in [-0.2, -0.15) is 0 Å². The molecule has 2 N–H and O–H groups in total. The van der Waals surface area contributed by atoms with E-state index in [0.717, 1.165) is 61.6 Å². The molecule has 32 heavy (non-hydrogen) atoms. The molecule has 2 fully saturated rings. The SMILES string of the molecule is CCC(C)(C(=O)NC1CCCCC1)N(CC1CCCO1)C(=O)Cc1c[nH]c2ccccc12. The van der Waals surface area contributed by atoms with Crippen LogP contribution >= 0.6 is 0 Å². The third-order valence-electron chi connectivity index (χ3n) is 7.44. The molecule has 2 amide bonds. The predicted molar refractivity (Wildman–Crippen MR) is 126 cm³/mol. The molecule has 2 atom stereocenters. The molecule has 4 rings (SSSR count). The van der Waals surface area contributed by atoms with Crippen molar-refractivity contribution >= 4 is 22.7 Å². The number of nitrogens with zero attached hydrogens (tertiary/aromatic N) is 1. The Morgan fingerprint density at radius 2 is 1.94 bits per heavy atom. The van der Waals surface area contributed by atoms with E-state index in [4.69, 9.17) is 4.74 Å². The van der Waals surface area contributed by atoms with Gasteiger partial charge in [-0.15, -0.1) is 0 Å². The maximum atomic E-state index is 13.7. The number of para-hydroxylation sites is 1. The van der Waals surface area contributed by atoms with Crippen LogP contribution in [0.4, 0.5) is 0 Å². The summed E-state index contributed by atoms with van der Waals surface area (Å²) in [5.74, 6) is -0.0504. The normalized spacial score (nSPS) is 21.4. The zero-order valence-electron chi connectivity index (χ0n) is 19.5. The lowest BCUT2D eigenvalue weighted by atomic mass is 9.90. The third kappa shape index (κ3) is 4.85. The monoisotopic (exact) mass is 439 g/mol. The van der Waals surface area contributed by atoms with Gasteiger partial charge in [0, 0.05) is 36.3 Å². The molecule has 1 aliphatic heterocycles. The second-order valence-electron chi connectivity index (χ2n) is 9.61. The molecular formula is C26H37N3O3. The minimum absolute atomic E-state index is 0.00438. The number of hydrogen-bond donors (Lipinski definition) is 2. The summed E-state index contributed by atoms with van der Waals surface area (Å²) in [7, 11) is 0. The van der Waals surface area contributed by atoms with E-state index in [9.17, 15) is 9.59 Å². The van der Waals surface area contributed by atoms with Gasteiger partial charge < -0.3 is 19.9 Å². The molecular weight excluding hydrogens is 402 g/mol. The van der Waals surface area contributed by atoms with Crippen molar-refractivity contribution in [3.8, 4) is 0 Å². The first-order valence-electron chi connectivity index (χ1n) is 12.3. The predicted octanol–water partition coefficient (Wildman–Crippen LogP) is 4.34. The number of carbonyl (C=O) groups excluding carboxylic acids is 2. The van der Waals surface area contributed by atoms with E-state index in [0.29, 0.717) is 13.0 Å². The standard InChI is InChI=1S/C26H37N3O3/c1-3-26(2,25(31)28-20-10-5-4-6-11-20)29(18-21-12-9-15-32-21)24(30)16-19-17-27-23-14-8-7-13-22(19)23/h7-8,13-14,17,20-21,27H,3-6,9-12,15-16,18H2,1-2H3,(H,28,31). The molecule has 1 aromatic heterocycles. The van der Waals surface area contributed by atoms with Gasteiger partial charge in [0.15, 0.2) is 0 Å². The van der Waals surface area contributed by atoms with Crippen LogP contribution in [0.2, 0.25) is 0 Å². The van der Waals surface area contributed by atoms with Gasteiger partial charge in [-0.1, -0.05) is 44.4 Å². The van der Waals surface area contributed by atoms with Crippen LogP contribution in [0.5, 0.6) is 0 Å². The fraction of sp³-hybridized carbons (Fsp3) is 0.615. The molecule has 1 saturated carbocycles. The molecule has 0 spiro atoms. The highest BCUT2D eigenvalue weighted by atomic mass is 16.5. The number of aromatic nitrogens is 1. The van der Waals surface area contributed by atoms with Crippen LogP contribution in [0.1, 0.15) is 70.8 Å². The summed E-state index contributed by atoms with van der Waals surface area (Å²) in [6.45, 7) is 5.12. The largest absolute Gasteiger partial charge is 0.376 e. The van der Waals surface area contributed by atoms with Crippen molar-refractivity contribution < 1.29 is 14.3 Å². The summed E-state index contributed by atoms with van der Waals surface area (Å²) in [5, 5.41) is 4.34. The number of fused-ring (bicyclic) bond motifs is 1. The van der Waals surface area contributed by atoms with Crippen molar-refractivity contribution in [2.45, 2.75) is 89.3 Å². The van der Waals surface area contributed by atoms with Gasteiger partial charge in [0.1, 0.15) is 5.54 Å². The Morgan fingerprint density at radius 1 is 1.16 bits per heavy atom. The van der Waals surface area contributed by atoms with E-state index in [1.807, 2.05) is 49.2 Å². The van der Waals surface area contributed by atoms with Crippen LogP contribution in [-0.4, -0.2) is 52.5 Å². The smallest absolute Gasteiger partial charge is 0.245 e. The van der Waals surface area contributed by atoms with Crippen LogP contribution in [0.3, 0.4) is 0 Å². The number of carbonyl (C=O) groups is 2. The zero-order valence-corrected chi connectivity index (χ0v) is 19.5. The second-order valence-corrected chi connectivity index (χ2v) is 9.61. The summed E-state index contributed by atoms with van der Waals surface area (Å²) < 4.78 is 5.88. The maximum absolute atomic E-state index is 13.7. The summed E-state index contributed by atoms with van der Waals surface area (Å²) >= 11 is 0. The van der Waals surface area contributed by atoms with Gasteiger partial charge in [-0.3, -0.25) is 9.59 Å². The Bertz CT molecular complexity index is 927. The number of ether oxygens (including phenoxy) is 1. The van der Waals surface area contributed by atoms with Crippen molar-refractivity contribution in [3.05, 3.63) is 36.0 Å². The van der Waals surface area contributed by atoms with E-state index in [-0.39, 0.29) is 30.4 Å². The highest BCUT2D eigenvalue weighted by Gasteiger charge is 2.42. The van der Waals surface area contributed by atoms with Gasteiger partial charge in [0.05, 0.1) is 12.5 Å². The molecule has 0 radical (unpaired) electrons. The van der Waals surface area contributed by atoms with Crippen molar-refractivity contribution in [2.75, 3.05) is 13.2 Å². The van der Waals surface area contributed by atoms with E-state index < -0.39 is 5.54 Å². The average molecular weight is 440 g/mol. The molecule has 6 heteroatoms. The van der Waals surface area contributed by atoms with Crippen LogP contribution in [-0.2, 0) is 20.7 Å². The fourth-order valence-corrected chi connectivity index (χ4v) is 5.17. The van der Waals surface area contributed by atoms with Gasteiger partial charge in [-0.05, 0) is 50.7 Å². The summed E-state index contributed by atoms with van der Waals surface area (Å²) in [4.78, 5) is 32.3. The first kappa shape index (κ1) is 22.8. The summed E-state index contributed by atoms with van der Waals surface area (Å²) in [6, 6.07) is 8.24. The fourth-order valence-electron chi connectivity index (χ4n) is 5.17. The number of nitrogens with one attached hydrogen (secondary N) is 2. The highest BCUT2D eigenvalue weighted by molar-refractivity contribution is 5.94. The van der Waals surface area contributed by atoms with Gasteiger partial charge >= 0.3 is 0 Å². The van der Waals surface area contributed by atoms with Gasteiger partial charge in [0.2, 0.25) is 11.8 Å².